The fraction of sp³-hybridized carbons (Fsp3) is 0.188. The third-order valence-electron chi connectivity index (χ3n) is 3.18. The summed E-state index contributed by atoms with van der Waals surface area (Å²) in [6.07, 6.45) is 0. The van der Waals surface area contributed by atoms with Crippen LogP contribution in [0.15, 0.2) is 42.5 Å². The molecule has 0 aliphatic heterocycles. The number of rotatable bonds is 6. The van der Waals surface area contributed by atoms with Crippen LogP contribution in [0.2, 0.25) is 5.02 Å². The van der Waals surface area contributed by atoms with Gasteiger partial charge in [0.05, 0.1) is 11.5 Å². The van der Waals surface area contributed by atoms with Crippen molar-refractivity contribution < 1.29 is 14.1 Å². The summed E-state index contributed by atoms with van der Waals surface area (Å²) in [5.74, 6) is -0.779. The molecular formula is C16H15ClFN3O3. The van der Waals surface area contributed by atoms with Crippen molar-refractivity contribution in [2.75, 3.05) is 18.9 Å². The number of nitrogens with zero attached hydrogens (tertiary/aromatic N) is 2. The molecule has 126 valence electrons. The first-order chi connectivity index (χ1) is 11.3. The second-order valence-electron chi connectivity index (χ2n) is 5.27. The maximum Gasteiger partial charge on any atom is 0.292 e. The predicted molar refractivity (Wildman–Crippen MR) is 89.5 cm³/mol. The molecule has 1 amide bonds. The first-order valence-corrected chi connectivity index (χ1v) is 7.39. The molecule has 0 saturated heterocycles. The van der Waals surface area contributed by atoms with E-state index in [4.69, 9.17) is 11.6 Å². The van der Waals surface area contributed by atoms with Crippen molar-refractivity contribution in [2.24, 2.45) is 0 Å². The van der Waals surface area contributed by atoms with Crippen LogP contribution in [0, 0.1) is 15.9 Å². The SMILES string of the molecule is CN(CC(=O)Nc1cc(Cl)ccc1[N+](=O)[O-])Cc1cccc(F)c1. The zero-order chi connectivity index (χ0) is 17.7. The number of amides is 1. The zero-order valence-corrected chi connectivity index (χ0v) is 13.6. The first kappa shape index (κ1) is 17.8. The largest absolute Gasteiger partial charge is 0.319 e. The van der Waals surface area contributed by atoms with Crippen LogP contribution in [0.4, 0.5) is 15.8 Å². The Morgan fingerprint density at radius 3 is 2.75 bits per heavy atom. The highest BCUT2D eigenvalue weighted by molar-refractivity contribution is 6.31. The lowest BCUT2D eigenvalue weighted by Gasteiger charge is -2.16. The number of benzene rings is 2. The highest BCUT2D eigenvalue weighted by Crippen LogP contribution is 2.27. The predicted octanol–water partition coefficient (Wildman–Crippen LogP) is 3.46. The number of halogens is 2. The molecule has 0 saturated carbocycles. The summed E-state index contributed by atoms with van der Waals surface area (Å²) in [4.78, 5) is 24.1. The number of anilines is 1. The van der Waals surface area contributed by atoms with Crippen molar-refractivity contribution in [3.63, 3.8) is 0 Å². The lowest BCUT2D eigenvalue weighted by Crippen LogP contribution is -2.30. The zero-order valence-electron chi connectivity index (χ0n) is 12.8. The number of hydrogen-bond acceptors (Lipinski definition) is 4. The standard InChI is InChI=1S/C16H15ClFN3O3/c1-20(9-11-3-2-4-13(18)7-11)10-16(22)19-14-8-12(17)5-6-15(14)21(23)24/h2-8H,9-10H2,1H3,(H,19,22). The van der Waals surface area contributed by atoms with E-state index in [0.29, 0.717) is 6.54 Å². The molecular weight excluding hydrogens is 337 g/mol. The molecule has 2 aromatic rings. The van der Waals surface area contributed by atoms with E-state index in [9.17, 15) is 19.3 Å². The Morgan fingerprint density at radius 2 is 2.08 bits per heavy atom. The molecule has 0 aliphatic carbocycles. The highest BCUT2D eigenvalue weighted by atomic mass is 35.5. The lowest BCUT2D eigenvalue weighted by molar-refractivity contribution is -0.383. The minimum absolute atomic E-state index is 0.0137. The van der Waals surface area contributed by atoms with E-state index in [1.165, 1.54) is 30.3 Å². The molecule has 0 heterocycles. The van der Waals surface area contributed by atoms with E-state index >= 15 is 0 Å². The third kappa shape index (κ3) is 5.00. The van der Waals surface area contributed by atoms with Gasteiger partial charge in [0, 0.05) is 17.6 Å². The molecule has 0 bridgehead atoms. The monoisotopic (exact) mass is 351 g/mol. The minimum atomic E-state index is -0.595. The summed E-state index contributed by atoms with van der Waals surface area (Å²) in [6.45, 7) is 0.350. The van der Waals surface area contributed by atoms with Gasteiger partial charge in [-0.1, -0.05) is 23.7 Å². The van der Waals surface area contributed by atoms with Gasteiger partial charge in [-0.15, -0.1) is 0 Å². The molecule has 0 aliphatic rings. The summed E-state index contributed by atoms with van der Waals surface area (Å²) in [6, 6.07) is 10.0. The fourth-order valence-electron chi connectivity index (χ4n) is 2.21. The van der Waals surface area contributed by atoms with Gasteiger partial charge in [0.15, 0.2) is 0 Å². The van der Waals surface area contributed by atoms with E-state index in [0.717, 1.165) is 5.56 Å². The van der Waals surface area contributed by atoms with E-state index in [1.54, 1.807) is 24.1 Å². The van der Waals surface area contributed by atoms with E-state index in [2.05, 4.69) is 5.32 Å². The second kappa shape index (κ2) is 7.85. The van der Waals surface area contributed by atoms with Crippen LogP contribution in [0.5, 0.6) is 0 Å². The molecule has 0 unspecified atom stereocenters. The van der Waals surface area contributed by atoms with Gasteiger partial charge in [0.1, 0.15) is 11.5 Å². The number of nitro benzene ring substituents is 1. The minimum Gasteiger partial charge on any atom is -0.319 e. The normalized spacial score (nSPS) is 10.7. The second-order valence-corrected chi connectivity index (χ2v) is 5.71. The Hall–Kier alpha value is -2.51. The van der Waals surface area contributed by atoms with Gasteiger partial charge in [-0.05, 0) is 36.9 Å². The van der Waals surface area contributed by atoms with Crippen LogP contribution in [0.25, 0.3) is 0 Å². The van der Waals surface area contributed by atoms with Crippen LogP contribution < -0.4 is 5.32 Å². The summed E-state index contributed by atoms with van der Waals surface area (Å²) in [7, 11) is 1.69. The molecule has 2 rings (SSSR count). The number of nitrogens with one attached hydrogen (secondary N) is 1. The van der Waals surface area contributed by atoms with Crippen molar-refractivity contribution in [3.8, 4) is 0 Å². The molecule has 0 spiro atoms. The van der Waals surface area contributed by atoms with Gasteiger partial charge < -0.3 is 5.32 Å². The molecule has 0 fully saturated rings. The van der Waals surface area contributed by atoms with E-state index in [1.807, 2.05) is 0 Å². The number of carbonyl (C=O) groups is 1. The quantitative estimate of drug-likeness (QED) is 0.638. The van der Waals surface area contributed by atoms with Gasteiger partial charge in [0.2, 0.25) is 5.91 Å². The fourth-order valence-corrected chi connectivity index (χ4v) is 2.38. The molecule has 2 aromatic carbocycles. The topological polar surface area (TPSA) is 75.5 Å². The van der Waals surface area contributed by atoms with E-state index < -0.39 is 10.8 Å². The van der Waals surface area contributed by atoms with Gasteiger partial charge in [0.25, 0.3) is 5.69 Å². The molecule has 0 atom stereocenters. The lowest BCUT2D eigenvalue weighted by atomic mass is 10.2. The van der Waals surface area contributed by atoms with Gasteiger partial charge in [-0.25, -0.2) is 4.39 Å². The van der Waals surface area contributed by atoms with Crippen LogP contribution in [-0.4, -0.2) is 29.3 Å². The average Bonchev–Trinajstić information content (AvgIpc) is 2.46. The first-order valence-electron chi connectivity index (χ1n) is 7.02. The molecule has 1 N–H and O–H groups in total. The van der Waals surface area contributed by atoms with Gasteiger partial charge >= 0.3 is 0 Å². The molecule has 8 heteroatoms. The van der Waals surface area contributed by atoms with Crippen molar-refractivity contribution in [2.45, 2.75) is 6.54 Å². The molecule has 0 aromatic heterocycles. The number of likely N-dealkylation sites (N-methyl/N-ethyl adjacent to an activating group) is 1. The molecule has 24 heavy (non-hydrogen) atoms. The maximum atomic E-state index is 13.2. The highest BCUT2D eigenvalue weighted by Gasteiger charge is 2.17. The van der Waals surface area contributed by atoms with Crippen molar-refractivity contribution in [1.82, 2.24) is 4.90 Å². The summed E-state index contributed by atoms with van der Waals surface area (Å²) >= 11 is 5.81. The van der Waals surface area contributed by atoms with Crippen molar-refractivity contribution >= 4 is 28.9 Å². The van der Waals surface area contributed by atoms with E-state index in [-0.39, 0.29) is 28.8 Å². The number of hydrogen-bond donors (Lipinski definition) is 1. The average molecular weight is 352 g/mol. The summed E-state index contributed by atoms with van der Waals surface area (Å²) < 4.78 is 13.2. The molecule has 0 radical (unpaired) electrons. The smallest absolute Gasteiger partial charge is 0.292 e. The third-order valence-corrected chi connectivity index (χ3v) is 3.42. The maximum absolute atomic E-state index is 13.2. The van der Waals surface area contributed by atoms with Crippen LogP contribution >= 0.6 is 11.6 Å². The van der Waals surface area contributed by atoms with Gasteiger partial charge in [-0.3, -0.25) is 19.8 Å². The van der Waals surface area contributed by atoms with Gasteiger partial charge in [-0.2, -0.15) is 0 Å². The van der Waals surface area contributed by atoms with Crippen LogP contribution in [-0.2, 0) is 11.3 Å². The van der Waals surface area contributed by atoms with Crippen molar-refractivity contribution in [3.05, 3.63) is 69.0 Å². The number of carbonyl (C=O) groups excluding carboxylic acids is 1. The number of nitro groups is 1. The molecule has 6 nitrogen and oxygen atoms in total. The Kier molecular flexibility index (Phi) is 5.83. The Balaban J connectivity index is 2.00. The van der Waals surface area contributed by atoms with Crippen LogP contribution in [0.3, 0.4) is 0 Å². The summed E-state index contributed by atoms with van der Waals surface area (Å²) in [5.41, 5.74) is 0.524. The Bertz CT molecular complexity index is 770. The Morgan fingerprint density at radius 1 is 1.33 bits per heavy atom. The van der Waals surface area contributed by atoms with Crippen LogP contribution in [0.1, 0.15) is 5.56 Å². The summed E-state index contributed by atoms with van der Waals surface area (Å²) in [5, 5.41) is 13.7. The van der Waals surface area contributed by atoms with Crippen molar-refractivity contribution in [1.29, 1.82) is 0 Å². The Labute approximate surface area is 143 Å².